The van der Waals surface area contributed by atoms with Crippen molar-refractivity contribution in [2.45, 2.75) is 20.8 Å². The predicted octanol–water partition coefficient (Wildman–Crippen LogP) is 3.59. The number of hydrogen-bond acceptors (Lipinski definition) is 2. The first kappa shape index (κ1) is 10.8. The fourth-order valence-electron chi connectivity index (χ4n) is 1.71. The van der Waals surface area contributed by atoms with E-state index in [2.05, 4.69) is 54.2 Å². The maximum atomic E-state index is 5.87. The monoisotopic (exact) mass is 269 g/mol. The van der Waals surface area contributed by atoms with Crippen molar-refractivity contribution in [1.82, 2.24) is 0 Å². The second-order valence-electron chi connectivity index (χ2n) is 4.91. The summed E-state index contributed by atoms with van der Waals surface area (Å²) in [4.78, 5) is 0. The van der Waals surface area contributed by atoms with Crippen molar-refractivity contribution in [2.75, 3.05) is 18.5 Å². The average molecular weight is 270 g/mol. The van der Waals surface area contributed by atoms with Gasteiger partial charge in [-0.2, -0.15) is 0 Å². The van der Waals surface area contributed by atoms with Gasteiger partial charge in [-0.05, 0) is 24.6 Å². The lowest BCUT2D eigenvalue weighted by molar-refractivity contribution is 0.199. The molecule has 1 heterocycles. The molecule has 1 aliphatic heterocycles. The Labute approximate surface area is 99.1 Å². The van der Waals surface area contributed by atoms with Crippen LogP contribution < -0.4 is 10.1 Å². The van der Waals surface area contributed by atoms with E-state index in [1.54, 1.807) is 0 Å². The summed E-state index contributed by atoms with van der Waals surface area (Å²) in [5, 5.41) is 3.44. The predicted molar refractivity (Wildman–Crippen MR) is 66.6 cm³/mol. The fourth-order valence-corrected chi connectivity index (χ4v) is 2.28. The van der Waals surface area contributed by atoms with E-state index in [0.29, 0.717) is 0 Å². The Morgan fingerprint density at radius 3 is 2.87 bits per heavy atom. The zero-order chi connectivity index (χ0) is 11.1. The maximum Gasteiger partial charge on any atom is 0.145 e. The number of rotatable bonds is 0. The first-order chi connectivity index (χ1) is 6.98. The number of benzene rings is 1. The fraction of sp³-hybridized carbons (Fsp3) is 0.500. The first-order valence-electron chi connectivity index (χ1n) is 5.15. The Morgan fingerprint density at radius 1 is 1.40 bits per heavy atom. The molecule has 0 bridgehead atoms. The quantitative estimate of drug-likeness (QED) is 0.777. The second kappa shape index (κ2) is 3.71. The summed E-state index contributed by atoms with van der Waals surface area (Å²) in [5.41, 5.74) is 2.44. The van der Waals surface area contributed by atoms with E-state index >= 15 is 0 Å². The number of ether oxygens (including phenoxy) is 1. The molecule has 0 spiro atoms. The van der Waals surface area contributed by atoms with Gasteiger partial charge in [0.1, 0.15) is 5.75 Å². The van der Waals surface area contributed by atoms with Crippen LogP contribution in [0, 0.1) is 12.3 Å². The molecule has 82 valence electrons. The van der Waals surface area contributed by atoms with E-state index in [9.17, 15) is 0 Å². The Kier molecular flexibility index (Phi) is 2.67. The van der Waals surface area contributed by atoms with E-state index in [0.717, 1.165) is 29.1 Å². The maximum absolute atomic E-state index is 5.87. The van der Waals surface area contributed by atoms with Gasteiger partial charge in [0.15, 0.2) is 0 Å². The molecule has 0 atom stereocenters. The van der Waals surface area contributed by atoms with Crippen molar-refractivity contribution in [2.24, 2.45) is 5.41 Å². The molecule has 0 unspecified atom stereocenters. The van der Waals surface area contributed by atoms with Crippen LogP contribution in [-0.4, -0.2) is 13.2 Å². The summed E-state index contributed by atoms with van der Waals surface area (Å²) in [6, 6.07) is 4.16. The minimum Gasteiger partial charge on any atom is -0.491 e. The van der Waals surface area contributed by atoms with Gasteiger partial charge in [0.2, 0.25) is 0 Å². The standard InChI is InChI=1S/C12H16BrNO/c1-8-4-9(13)5-10-11(8)15-7-12(2,3)6-14-10/h4-5,14H,6-7H2,1-3H3. The molecule has 1 aromatic carbocycles. The van der Waals surface area contributed by atoms with Crippen LogP contribution >= 0.6 is 15.9 Å². The third-order valence-electron chi connectivity index (χ3n) is 2.60. The minimum absolute atomic E-state index is 0.179. The molecule has 1 aliphatic rings. The zero-order valence-corrected chi connectivity index (χ0v) is 10.9. The zero-order valence-electron chi connectivity index (χ0n) is 9.36. The second-order valence-corrected chi connectivity index (χ2v) is 5.82. The summed E-state index contributed by atoms with van der Waals surface area (Å²) in [5.74, 6) is 0.990. The molecule has 0 saturated carbocycles. The highest BCUT2D eigenvalue weighted by Crippen LogP contribution is 2.36. The third-order valence-corrected chi connectivity index (χ3v) is 3.06. The minimum atomic E-state index is 0.179. The van der Waals surface area contributed by atoms with Gasteiger partial charge < -0.3 is 10.1 Å². The molecule has 1 aromatic rings. The summed E-state index contributed by atoms with van der Waals surface area (Å²) in [6.45, 7) is 8.18. The van der Waals surface area contributed by atoms with E-state index in [-0.39, 0.29) is 5.41 Å². The molecule has 3 heteroatoms. The Morgan fingerprint density at radius 2 is 2.13 bits per heavy atom. The Balaban J connectivity index is 2.39. The normalized spacial score (nSPS) is 18.4. The summed E-state index contributed by atoms with van der Waals surface area (Å²) < 4.78 is 6.96. The average Bonchev–Trinajstić information content (AvgIpc) is 2.26. The highest BCUT2D eigenvalue weighted by Gasteiger charge is 2.24. The summed E-state index contributed by atoms with van der Waals surface area (Å²) >= 11 is 3.50. The van der Waals surface area contributed by atoms with E-state index in [1.807, 2.05) is 0 Å². The molecule has 0 fully saturated rings. The number of aryl methyl sites for hydroxylation is 1. The molecule has 1 N–H and O–H groups in total. The van der Waals surface area contributed by atoms with Crippen LogP contribution in [0.25, 0.3) is 0 Å². The molecule has 0 aromatic heterocycles. The molecule has 0 saturated heterocycles. The Hall–Kier alpha value is -0.700. The van der Waals surface area contributed by atoms with Crippen molar-refractivity contribution in [1.29, 1.82) is 0 Å². The van der Waals surface area contributed by atoms with Crippen molar-refractivity contribution >= 4 is 21.6 Å². The van der Waals surface area contributed by atoms with Crippen molar-refractivity contribution < 1.29 is 4.74 Å². The highest BCUT2D eigenvalue weighted by atomic mass is 79.9. The summed E-state index contributed by atoms with van der Waals surface area (Å²) in [7, 11) is 0. The van der Waals surface area contributed by atoms with Gasteiger partial charge in [-0.3, -0.25) is 0 Å². The van der Waals surface area contributed by atoms with Gasteiger partial charge in [-0.25, -0.2) is 0 Å². The molecule has 15 heavy (non-hydrogen) atoms. The van der Waals surface area contributed by atoms with Crippen LogP contribution in [0.2, 0.25) is 0 Å². The van der Waals surface area contributed by atoms with Crippen molar-refractivity contribution in [3.8, 4) is 5.75 Å². The number of nitrogens with one attached hydrogen (secondary N) is 1. The molecule has 2 rings (SSSR count). The molecule has 0 amide bonds. The molecule has 0 aliphatic carbocycles. The van der Waals surface area contributed by atoms with Crippen LogP contribution in [0.3, 0.4) is 0 Å². The summed E-state index contributed by atoms with van der Waals surface area (Å²) in [6.07, 6.45) is 0. The van der Waals surface area contributed by atoms with E-state index in [1.165, 1.54) is 5.56 Å². The number of fused-ring (bicyclic) bond motifs is 1. The smallest absolute Gasteiger partial charge is 0.145 e. The Bertz CT molecular complexity index is 387. The number of anilines is 1. The van der Waals surface area contributed by atoms with Gasteiger partial charge in [0, 0.05) is 16.4 Å². The number of hydrogen-bond donors (Lipinski definition) is 1. The van der Waals surface area contributed by atoms with Crippen LogP contribution in [0.4, 0.5) is 5.69 Å². The lowest BCUT2D eigenvalue weighted by Crippen LogP contribution is -2.27. The lowest BCUT2D eigenvalue weighted by atomic mass is 9.95. The van der Waals surface area contributed by atoms with Crippen molar-refractivity contribution in [3.63, 3.8) is 0 Å². The van der Waals surface area contributed by atoms with Crippen LogP contribution in [0.15, 0.2) is 16.6 Å². The van der Waals surface area contributed by atoms with Gasteiger partial charge in [0.25, 0.3) is 0 Å². The SMILES string of the molecule is Cc1cc(Br)cc2c1OCC(C)(C)CN2. The lowest BCUT2D eigenvalue weighted by Gasteiger charge is -2.20. The number of halogens is 1. The highest BCUT2D eigenvalue weighted by molar-refractivity contribution is 9.10. The largest absolute Gasteiger partial charge is 0.491 e. The van der Waals surface area contributed by atoms with Crippen molar-refractivity contribution in [3.05, 3.63) is 22.2 Å². The molecular formula is C12H16BrNO. The van der Waals surface area contributed by atoms with Gasteiger partial charge in [-0.1, -0.05) is 29.8 Å². The molecule has 2 nitrogen and oxygen atoms in total. The first-order valence-corrected chi connectivity index (χ1v) is 5.94. The van der Waals surface area contributed by atoms with Gasteiger partial charge >= 0.3 is 0 Å². The van der Waals surface area contributed by atoms with Crippen LogP contribution in [0.5, 0.6) is 5.75 Å². The van der Waals surface area contributed by atoms with E-state index < -0.39 is 0 Å². The van der Waals surface area contributed by atoms with Gasteiger partial charge in [0.05, 0.1) is 12.3 Å². The van der Waals surface area contributed by atoms with E-state index in [4.69, 9.17) is 4.74 Å². The van der Waals surface area contributed by atoms with Crippen LogP contribution in [-0.2, 0) is 0 Å². The third kappa shape index (κ3) is 2.28. The molecule has 0 radical (unpaired) electrons. The van der Waals surface area contributed by atoms with Crippen LogP contribution in [0.1, 0.15) is 19.4 Å². The topological polar surface area (TPSA) is 21.3 Å². The van der Waals surface area contributed by atoms with Gasteiger partial charge in [-0.15, -0.1) is 0 Å². The molecular weight excluding hydrogens is 254 g/mol.